The summed E-state index contributed by atoms with van der Waals surface area (Å²) in [5.41, 5.74) is 4.35. The lowest BCUT2D eigenvalue weighted by molar-refractivity contribution is -0.255. The van der Waals surface area contributed by atoms with Gasteiger partial charge in [0.1, 0.15) is 17.0 Å². The van der Waals surface area contributed by atoms with Crippen LogP contribution in [0.4, 0.5) is 0 Å². The highest BCUT2D eigenvalue weighted by molar-refractivity contribution is 6.00. The van der Waals surface area contributed by atoms with Crippen LogP contribution in [-0.4, -0.2) is 32.1 Å². The van der Waals surface area contributed by atoms with Crippen LogP contribution in [0.15, 0.2) is 29.3 Å². The molecule has 2 N–H and O–H groups in total. The fourth-order valence-corrected chi connectivity index (χ4v) is 4.05. The Hall–Kier alpha value is -2.61. The van der Waals surface area contributed by atoms with Crippen molar-refractivity contribution in [1.82, 2.24) is 0 Å². The molecule has 1 heterocycles. The molecule has 0 unspecified atom stereocenters. The van der Waals surface area contributed by atoms with Crippen molar-refractivity contribution in [3.8, 4) is 17.9 Å². The van der Waals surface area contributed by atoms with E-state index in [-0.39, 0.29) is 19.0 Å². The van der Waals surface area contributed by atoms with Gasteiger partial charge >= 0.3 is 0 Å². The van der Waals surface area contributed by atoms with E-state index in [1.165, 1.54) is 0 Å². The number of rotatable bonds is 6. The van der Waals surface area contributed by atoms with Gasteiger partial charge in [-0.2, -0.15) is 10.5 Å². The van der Waals surface area contributed by atoms with E-state index in [4.69, 9.17) is 19.9 Å². The zero-order chi connectivity index (χ0) is 18.3. The van der Waals surface area contributed by atoms with Gasteiger partial charge in [-0.15, -0.1) is 0 Å². The molecule has 3 atom stereocenters. The largest absolute Gasteiger partial charge is 0.497 e. The third-order valence-electron chi connectivity index (χ3n) is 5.06. The number of methoxy groups -OCH3 is 1. The summed E-state index contributed by atoms with van der Waals surface area (Å²) >= 11 is 0. The molecule has 3 rings (SSSR count). The fraction of sp³-hybridized carbons (Fsp3) is 0.500. The van der Waals surface area contributed by atoms with Crippen LogP contribution in [-0.2, 0) is 9.47 Å². The predicted octanol–water partition coefficient (Wildman–Crippen LogP) is 1.91. The molecule has 1 aromatic rings. The number of amidine groups is 1. The summed E-state index contributed by atoms with van der Waals surface area (Å²) in [6, 6.07) is 11.7. The van der Waals surface area contributed by atoms with Crippen LogP contribution < -0.4 is 10.5 Å². The van der Waals surface area contributed by atoms with Gasteiger partial charge in [-0.3, -0.25) is 0 Å². The van der Waals surface area contributed by atoms with Crippen molar-refractivity contribution in [2.24, 2.45) is 21.6 Å². The van der Waals surface area contributed by atoms with Crippen LogP contribution in [0.1, 0.15) is 25.3 Å². The fourth-order valence-electron chi connectivity index (χ4n) is 4.05. The predicted molar refractivity (Wildman–Crippen MR) is 89.4 cm³/mol. The van der Waals surface area contributed by atoms with Gasteiger partial charge in [-0.25, -0.2) is 4.99 Å². The molecule has 0 spiro atoms. The Morgan fingerprint density at radius 1 is 1.12 bits per heavy atom. The lowest BCUT2D eigenvalue weighted by Gasteiger charge is -2.31. The number of nitriles is 2. The van der Waals surface area contributed by atoms with Crippen LogP contribution in [0.25, 0.3) is 0 Å². The first-order valence-corrected chi connectivity index (χ1v) is 8.13. The molecule has 1 aliphatic carbocycles. The molecule has 2 aliphatic rings. The van der Waals surface area contributed by atoms with E-state index in [1.807, 2.05) is 12.1 Å². The molecule has 1 saturated carbocycles. The summed E-state index contributed by atoms with van der Waals surface area (Å²) in [5, 5.41) is 20.0. The van der Waals surface area contributed by atoms with Crippen molar-refractivity contribution in [2.75, 3.05) is 20.3 Å². The lowest BCUT2D eigenvalue weighted by atomic mass is 9.93. The average molecular weight is 340 g/mol. The Morgan fingerprint density at radius 2 is 1.72 bits per heavy atom. The Balaban J connectivity index is 2.17. The molecule has 0 aromatic heterocycles. The zero-order valence-corrected chi connectivity index (χ0v) is 14.4. The van der Waals surface area contributed by atoms with E-state index in [9.17, 15) is 10.5 Å². The van der Waals surface area contributed by atoms with Gasteiger partial charge in [-0.1, -0.05) is 12.1 Å². The minimum absolute atomic E-state index is 0.0827. The number of hydrogen-bond acceptors (Lipinski definition) is 7. The van der Waals surface area contributed by atoms with Crippen LogP contribution in [0, 0.1) is 33.5 Å². The lowest BCUT2D eigenvalue weighted by Crippen LogP contribution is -2.43. The van der Waals surface area contributed by atoms with Gasteiger partial charge in [-0.05, 0) is 31.5 Å². The Labute approximate surface area is 146 Å². The maximum absolute atomic E-state index is 10.1. The molecule has 0 radical (unpaired) electrons. The summed E-state index contributed by atoms with van der Waals surface area (Å²) in [7, 11) is 1.58. The van der Waals surface area contributed by atoms with Crippen molar-refractivity contribution in [2.45, 2.75) is 25.7 Å². The summed E-state index contributed by atoms with van der Waals surface area (Å²) in [6.45, 7) is 4.12. The van der Waals surface area contributed by atoms with E-state index in [2.05, 4.69) is 17.1 Å². The van der Waals surface area contributed by atoms with Crippen LogP contribution in [0.3, 0.4) is 0 Å². The molecular formula is C18H20N4O3. The number of aliphatic imine (C=N–C) groups is 1. The monoisotopic (exact) mass is 340 g/mol. The number of fused-ring (bicyclic) bond motifs is 1. The maximum atomic E-state index is 10.1. The number of benzene rings is 1. The van der Waals surface area contributed by atoms with Crippen molar-refractivity contribution in [3.05, 3.63) is 29.8 Å². The van der Waals surface area contributed by atoms with Gasteiger partial charge in [0, 0.05) is 19.1 Å². The number of nitrogens with two attached hydrogens (primary N) is 1. The topological polar surface area (TPSA) is 114 Å². The van der Waals surface area contributed by atoms with Gasteiger partial charge in [0.15, 0.2) is 5.41 Å². The molecule has 1 fully saturated rings. The zero-order valence-electron chi connectivity index (χ0n) is 14.4. The Bertz CT molecular complexity index is 786. The van der Waals surface area contributed by atoms with Crippen LogP contribution in [0.5, 0.6) is 5.75 Å². The molecule has 130 valence electrons. The molecule has 1 aliphatic heterocycles. The van der Waals surface area contributed by atoms with Crippen molar-refractivity contribution < 1.29 is 14.2 Å². The van der Waals surface area contributed by atoms with Gasteiger partial charge in [0.05, 0.1) is 19.2 Å². The molecule has 0 saturated heterocycles. The van der Waals surface area contributed by atoms with Crippen molar-refractivity contribution >= 4 is 5.84 Å². The quantitative estimate of drug-likeness (QED) is 0.791. The number of hydrogen-bond donors (Lipinski definition) is 1. The smallest absolute Gasteiger partial charge is 0.293 e. The second-order valence-electron chi connectivity index (χ2n) is 5.99. The first kappa shape index (κ1) is 17.2. The maximum Gasteiger partial charge on any atom is 0.293 e. The number of ether oxygens (including phenoxy) is 3. The highest BCUT2D eigenvalue weighted by Crippen LogP contribution is 2.81. The molecule has 0 amide bonds. The summed E-state index contributed by atoms with van der Waals surface area (Å²) in [5.74, 6) is -1.29. The van der Waals surface area contributed by atoms with Crippen molar-refractivity contribution in [3.63, 3.8) is 0 Å². The van der Waals surface area contributed by atoms with Gasteiger partial charge in [0.2, 0.25) is 0 Å². The third-order valence-corrected chi connectivity index (χ3v) is 5.06. The van der Waals surface area contributed by atoms with E-state index in [0.717, 1.165) is 5.56 Å². The Morgan fingerprint density at radius 3 is 2.16 bits per heavy atom. The summed E-state index contributed by atoms with van der Waals surface area (Å²) in [6.07, 6.45) is 0. The minimum Gasteiger partial charge on any atom is -0.497 e. The SMILES string of the molecule is CCOC1(OCC)N=C(N)[C@]2(C#N)[C@@H](c3ccc(OC)cc3)[C@@]12C#N. The molecule has 7 nitrogen and oxygen atoms in total. The minimum atomic E-state index is -1.57. The van der Waals surface area contributed by atoms with E-state index < -0.39 is 22.7 Å². The Kier molecular flexibility index (Phi) is 3.95. The summed E-state index contributed by atoms with van der Waals surface area (Å²) < 4.78 is 16.7. The van der Waals surface area contributed by atoms with Gasteiger partial charge in [0.25, 0.3) is 5.91 Å². The van der Waals surface area contributed by atoms with E-state index in [1.54, 1.807) is 33.1 Å². The summed E-state index contributed by atoms with van der Waals surface area (Å²) in [4.78, 5) is 4.31. The van der Waals surface area contributed by atoms with Gasteiger partial charge < -0.3 is 19.9 Å². The molecule has 1 aromatic carbocycles. The standard InChI is InChI=1S/C18H20N4O3/c1-4-24-18(25-5-2)17(11-20)14(16(17,10-19)15(21)22-18)12-6-8-13(23-3)9-7-12/h6-9,14H,4-5H2,1-3H3,(H2,21,22)/t14-,16+,17-/m1/s1. The molecule has 25 heavy (non-hydrogen) atoms. The van der Waals surface area contributed by atoms with E-state index >= 15 is 0 Å². The molecular weight excluding hydrogens is 320 g/mol. The molecule has 7 heteroatoms. The normalized spacial score (nSPS) is 31.4. The average Bonchev–Trinajstić information content (AvgIpc) is 3.21. The second-order valence-corrected chi connectivity index (χ2v) is 5.99. The highest BCUT2D eigenvalue weighted by atomic mass is 16.7. The van der Waals surface area contributed by atoms with Crippen molar-refractivity contribution in [1.29, 1.82) is 10.5 Å². The van der Waals surface area contributed by atoms with Crippen LogP contribution in [0.2, 0.25) is 0 Å². The molecule has 0 bridgehead atoms. The van der Waals surface area contributed by atoms with Crippen LogP contribution >= 0.6 is 0 Å². The highest BCUT2D eigenvalue weighted by Gasteiger charge is 2.93. The number of nitrogens with zero attached hydrogens (tertiary/aromatic N) is 3. The van der Waals surface area contributed by atoms with E-state index in [0.29, 0.717) is 5.75 Å². The first-order valence-electron chi connectivity index (χ1n) is 8.13. The first-order chi connectivity index (χ1) is 12.0. The second kappa shape index (κ2) is 5.73. The third kappa shape index (κ3) is 1.82.